The highest BCUT2D eigenvalue weighted by atomic mass is 16.3. The Hall–Kier alpha value is -1.14. The van der Waals surface area contributed by atoms with Crippen molar-refractivity contribution in [1.29, 1.82) is 0 Å². The van der Waals surface area contributed by atoms with Crippen LogP contribution >= 0.6 is 0 Å². The molecule has 1 aliphatic carbocycles. The van der Waals surface area contributed by atoms with E-state index in [1.807, 2.05) is 11.8 Å². The summed E-state index contributed by atoms with van der Waals surface area (Å²) in [5.74, 6) is -0.344. The Kier molecular flexibility index (Phi) is 5.58. The van der Waals surface area contributed by atoms with Gasteiger partial charge in [0.1, 0.15) is 6.04 Å². The van der Waals surface area contributed by atoms with E-state index in [2.05, 4.69) is 5.32 Å². The summed E-state index contributed by atoms with van der Waals surface area (Å²) in [6, 6.07) is -0.562. The first-order valence-corrected chi connectivity index (χ1v) is 8.04. The molecule has 4 unspecified atom stereocenters. The number of rotatable bonds is 5. The number of hydrogen-bond donors (Lipinski definition) is 3. The van der Waals surface area contributed by atoms with Gasteiger partial charge in [0, 0.05) is 31.5 Å². The predicted molar refractivity (Wildman–Crippen MR) is 79.4 cm³/mol. The molecule has 0 aromatic carbocycles. The number of aliphatic hydroxyl groups is 1. The van der Waals surface area contributed by atoms with Gasteiger partial charge in [-0.15, -0.1) is 0 Å². The Balaban J connectivity index is 1.83. The third-order valence-corrected chi connectivity index (χ3v) is 4.69. The van der Waals surface area contributed by atoms with E-state index in [1.54, 1.807) is 0 Å². The molecule has 2 amide bonds. The molecule has 2 aliphatic rings. The number of aliphatic hydroxyl groups excluding tert-OH is 1. The monoisotopic (exact) mass is 297 g/mol. The molecule has 2 fully saturated rings. The maximum Gasteiger partial charge on any atom is 0.245 e. The van der Waals surface area contributed by atoms with Gasteiger partial charge in [0.2, 0.25) is 11.8 Å². The molecule has 6 heteroatoms. The van der Waals surface area contributed by atoms with Gasteiger partial charge in [0.05, 0.1) is 6.10 Å². The number of likely N-dealkylation sites (tertiary alicyclic amines) is 1. The maximum absolute atomic E-state index is 12.4. The minimum atomic E-state index is -0.483. The van der Waals surface area contributed by atoms with Gasteiger partial charge in [-0.2, -0.15) is 0 Å². The minimum Gasteiger partial charge on any atom is -0.393 e. The second-order valence-electron chi connectivity index (χ2n) is 6.25. The fourth-order valence-corrected chi connectivity index (χ4v) is 3.15. The highest BCUT2D eigenvalue weighted by Gasteiger charge is 2.39. The summed E-state index contributed by atoms with van der Waals surface area (Å²) in [5.41, 5.74) is 5.79. The average Bonchev–Trinajstić information content (AvgIpc) is 2.50. The summed E-state index contributed by atoms with van der Waals surface area (Å²) in [5, 5.41) is 12.4. The second kappa shape index (κ2) is 7.22. The molecule has 1 heterocycles. The van der Waals surface area contributed by atoms with Crippen LogP contribution in [0.25, 0.3) is 0 Å². The Bertz CT molecular complexity index is 374. The van der Waals surface area contributed by atoms with E-state index < -0.39 is 12.1 Å². The van der Waals surface area contributed by atoms with E-state index in [1.165, 1.54) is 6.42 Å². The predicted octanol–water partition coefficient (Wildman–Crippen LogP) is -0.00810. The number of amides is 2. The molecule has 0 spiro atoms. The van der Waals surface area contributed by atoms with Crippen molar-refractivity contribution in [2.45, 2.75) is 63.6 Å². The molecule has 6 nitrogen and oxygen atoms in total. The molecule has 0 radical (unpaired) electrons. The minimum absolute atomic E-state index is 0.0176. The van der Waals surface area contributed by atoms with Crippen molar-refractivity contribution < 1.29 is 14.7 Å². The molecule has 4 N–H and O–H groups in total. The summed E-state index contributed by atoms with van der Waals surface area (Å²) in [7, 11) is 0. The first-order valence-electron chi connectivity index (χ1n) is 8.04. The van der Waals surface area contributed by atoms with Crippen LogP contribution in [0.5, 0.6) is 0 Å². The SMILES string of the molecule is CCC(NC(=O)CC1C(N)CC1O)C(=O)N1CCCCC1. The molecule has 21 heavy (non-hydrogen) atoms. The first kappa shape index (κ1) is 16.2. The highest BCUT2D eigenvalue weighted by Crippen LogP contribution is 2.29. The number of nitrogens with zero attached hydrogens (tertiary/aromatic N) is 1. The van der Waals surface area contributed by atoms with Crippen molar-refractivity contribution in [3.63, 3.8) is 0 Å². The highest BCUT2D eigenvalue weighted by molar-refractivity contribution is 5.87. The molecule has 2 rings (SSSR count). The Labute approximate surface area is 126 Å². The van der Waals surface area contributed by atoms with Crippen molar-refractivity contribution in [3.05, 3.63) is 0 Å². The fraction of sp³-hybridized carbons (Fsp3) is 0.867. The summed E-state index contributed by atoms with van der Waals surface area (Å²) in [4.78, 5) is 26.3. The van der Waals surface area contributed by atoms with Crippen LogP contribution in [0.3, 0.4) is 0 Å². The normalized spacial score (nSPS) is 30.4. The zero-order chi connectivity index (χ0) is 15.4. The van der Waals surface area contributed by atoms with E-state index in [0.29, 0.717) is 12.8 Å². The topological polar surface area (TPSA) is 95.7 Å². The van der Waals surface area contributed by atoms with Gasteiger partial charge in [-0.1, -0.05) is 6.92 Å². The molecular weight excluding hydrogens is 270 g/mol. The van der Waals surface area contributed by atoms with Gasteiger partial charge in [-0.3, -0.25) is 9.59 Å². The summed E-state index contributed by atoms with van der Waals surface area (Å²) in [6.45, 7) is 3.48. The quantitative estimate of drug-likeness (QED) is 0.665. The van der Waals surface area contributed by atoms with Gasteiger partial charge < -0.3 is 21.1 Å². The van der Waals surface area contributed by atoms with Gasteiger partial charge in [-0.05, 0) is 32.1 Å². The largest absolute Gasteiger partial charge is 0.393 e. The van der Waals surface area contributed by atoms with Gasteiger partial charge in [0.15, 0.2) is 0 Å². The molecular formula is C15H27N3O3. The molecule has 1 saturated carbocycles. The standard InChI is InChI=1S/C15H27N3O3/c1-2-12(15(21)18-6-4-3-5-7-18)17-14(20)8-10-11(16)9-13(10)19/h10-13,19H,2-9,16H2,1H3,(H,17,20). The number of nitrogens with two attached hydrogens (primary N) is 1. The van der Waals surface area contributed by atoms with E-state index in [9.17, 15) is 14.7 Å². The number of carbonyl (C=O) groups is 2. The van der Waals surface area contributed by atoms with Crippen molar-refractivity contribution >= 4 is 11.8 Å². The lowest BCUT2D eigenvalue weighted by Crippen LogP contribution is -2.54. The molecule has 0 aromatic heterocycles. The zero-order valence-electron chi connectivity index (χ0n) is 12.8. The van der Waals surface area contributed by atoms with E-state index in [-0.39, 0.29) is 30.2 Å². The summed E-state index contributed by atoms with van der Waals surface area (Å²) in [6.07, 6.45) is 4.11. The van der Waals surface area contributed by atoms with Crippen LogP contribution in [0, 0.1) is 5.92 Å². The maximum atomic E-state index is 12.4. The first-order chi connectivity index (χ1) is 10.0. The van der Waals surface area contributed by atoms with Crippen LogP contribution in [0.2, 0.25) is 0 Å². The van der Waals surface area contributed by atoms with Crippen LogP contribution in [0.15, 0.2) is 0 Å². The Morgan fingerprint density at radius 2 is 2.00 bits per heavy atom. The molecule has 4 atom stereocenters. The van der Waals surface area contributed by atoms with Crippen LogP contribution in [0.1, 0.15) is 45.4 Å². The Morgan fingerprint density at radius 3 is 2.52 bits per heavy atom. The molecule has 1 saturated heterocycles. The smallest absolute Gasteiger partial charge is 0.245 e. The van der Waals surface area contributed by atoms with Crippen LogP contribution in [-0.2, 0) is 9.59 Å². The number of nitrogens with one attached hydrogen (secondary N) is 1. The zero-order valence-corrected chi connectivity index (χ0v) is 12.8. The summed E-state index contributed by atoms with van der Waals surface area (Å²) >= 11 is 0. The lowest BCUT2D eigenvalue weighted by molar-refractivity contribution is -0.138. The molecule has 120 valence electrons. The lowest BCUT2D eigenvalue weighted by atomic mass is 9.75. The average molecular weight is 297 g/mol. The lowest BCUT2D eigenvalue weighted by Gasteiger charge is -2.39. The van der Waals surface area contributed by atoms with E-state index in [4.69, 9.17) is 5.73 Å². The van der Waals surface area contributed by atoms with E-state index in [0.717, 1.165) is 25.9 Å². The van der Waals surface area contributed by atoms with Gasteiger partial charge in [-0.25, -0.2) is 0 Å². The van der Waals surface area contributed by atoms with Crippen LogP contribution < -0.4 is 11.1 Å². The van der Waals surface area contributed by atoms with Gasteiger partial charge in [0.25, 0.3) is 0 Å². The van der Waals surface area contributed by atoms with Crippen LogP contribution in [0.4, 0.5) is 0 Å². The van der Waals surface area contributed by atoms with Crippen LogP contribution in [-0.4, -0.2) is 53.1 Å². The summed E-state index contributed by atoms with van der Waals surface area (Å²) < 4.78 is 0. The van der Waals surface area contributed by atoms with Crippen molar-refractivity contribution in [2.75, 3.05) is 13.1 Å². The van der Waals surface area contributed by atoms with Crippen molar-refractivity contribution in [3.8, 4) is 0 Å². The third kappa shape index (κ3) is 3.95. The van der Waals surface area contributed by atoms with Crippen molar-refractivity contribution in [1.82, 2.24) is 10.2 Å². The molecule has 1 aliphatic heterocycles. The Morgan fingerprint density at radius 1 is 1.33 bits per heavy atom. The number of carbonyl (C=O) groups excluding carboxylic acids is 2. The van der Waals surface area contributed by atoms with Gasteiger partial charge >= 0.3 is 0 Å². The van der Waals surface area contributed by atoms with E-state index >= 15 is 0 Å². The third-order valence-electron chi connectivity index (χ3n) is 4.69. The molecule has 0 aromatic rings. The van der Waals surface area contributed by atoms with Crippen molar-refractivity contribution in [2.24, 2.45) is 11.7 Å². The fourth-order valence-electron chi connectivity index (χ4n) is 3.15. The molecule has 0 bridgehead atoms. The number of piperidine rings is 1. The number of hydrogen-bond acceptors (Lipinski definition) is 4. The second-order valence-corrected chi connectivity index (χ2v) is 6.25.